The fourth-order valence-corrected chi connectivity index (χ4v) is 7.51. The third-order valence-electron chi connectivity index (χ3n) is 8.03. The first-order chi connectivity index (χ1) is 17.7. The Morgan fingerprint density at radius 2 is 2.08 bits per heavy atom. The molecule has 2 aliphatic carbocycles. The highest BCUT2D eigenvalue weighted by Gasteiger charge is 2.45. The van der Waals surface area contributed by atoms with Crippen LogP contribution in [0, 0.1) is 11.8 Å². The normalized spacial score (nSPS) is 29.0. The second-order valence-electron chi connectivity index (χ2n) is 10.4. The summed E-state index contributed by atoms with van der Waals surface area (Å²) in [5.74, 6) is 0.306. The van der Waals surface area contributed by atoms with Crippen molar-refractivity contribution < 1.29 is 27.2 Å². The van der Waals surface area contributed by atoms with Crippen LogP contribution in [0.25, 0.3) is 0 Å². The summed E-state index contributed by atoms with van der Waals surface area (Å²) in [7, 11) is -4.08. The lowest BCUT2D eigenvalue weighted by molar-refractivity contribution is -0.0611. The van der Waals surface area contributed by atoms with E-state index in [-0.39, 0.29) is 24.0 Å². The van der Waals surface area contributed by atoms with Gasteiger partial charge in [0.1, 0.15) is 12.1 Å². The van der Waals surface area contributed by atoms with Gasteiger partial charge in [0, 0.05) is 24.8 Å². The predicted molar refractivity (Wildman–Crippen MR) is 138 cm³/mol. The Bertz CT molecular complexity index is 1210. The number of carbonyl (C=O) groups excluding carboxylic acids is 1. The zero-order valence-electron chi connectivity index (χ0n) is 20.7. The zero-order chi connectivity index (χ0) is 26.0. The summed E-state index contributed by atoms with van der Waals surface area (Å²) < 4.78 is 33.3. The smallest absolute Gasteiger partial charge is 0.333 e. The molecule has 0 aromatic carbocycles. The molecule has 2 aromatic heterocycles. The lowest BCUT2D eigenvalue weighted by Gasteiger charge is -2.39. The molecule has 0 amide bonds. The van der Waals surface area contributed by atoms with Gasteiger partial charge in [-0.15, -0.1) is 11.3 Å². The molecule has 4 N–H and O–H groups in total. The average molecular weight is 551 g/mol. The number of hydrogen-bond acceptors (Lipinski definition) is 10. The number of anilines is 1. The minimum absolute atomic E-state index is 0.163. The fraction of sp³-hybridized carbons (Fsp3) is 0.640. The monoisotopic (exact) mass is 550 g/mol. The van der Waals surface area contributed by atoms with Gasteiger partial charge < -0.3 is 15.2 Å². The third kappa shape index (κ3) is 5.89. The van der Waals surface area contributed by atoms with Crippen LogP contribution in [0.1, 0.15) is 78.6 Å². The summed E-state index contributed by atoms with van der Waals surface area (Å²) in [6.07, 6.45) is 11.0. The Labute approximate surface area is 221 Å². The van der Waals surface area contributed by atoms with Gasteiger partial charge in [-0.1, -0.05) is 19.3 Å². The lowest BCUT2D eigenvalue weighted by atomic mass is 9.72. The van der Waals surface area contributed by atoms with Crippen LogP contribution in [0.3, 0.4) is 0 Å². The maximum Gasteiger partial charge on any atom is 0.333 e. The maximum atomic E-state index is 13.6. The molecular formula is C25H34N4O6S2. The van der Waals surface area contributed by atoms with Crippen LogP contribution in [-0.4, -0.2) is 54.6 Å². The van der Waals surface area contributed by atoms with Crippen LogP contribution in [0.15, 0.2) is 24.0 Å². The van der Waals surface area contributed by atoms with Gasteiger partial charge >= 0.3 is 10.3 Å². The molecule has 37 heavy (non-hydrogen) atoms. The van der Waals surface area contributed by atoms with Crippen LogP contribution in [0.4, 0.5) is 5.82 Å². The summed E-state index contributed by atoms with van der Waals surface area (Å²) in [5.41, 5.74) is 1.17. The molecule has 5 rings (SSSR count). The lowest BCUT2D eigenvalue weighted by Crippen LogP contribution is -2.35. The van der Waals surface area contributed by atoms with E-state index in [9.17, 15) is 18.3 Å². The molecule has 2 saturated carbocycles. The van der Waals surface area contributed by atoms with Gasteiger partial charge in [0.2, 0.25) is 5.78 Å². The molecule has 10 nitrogen and oxygen atoms in total. The van der Waals surface area contributed by atoms with Crippen molar-refractivity contribution in [3.05, 3.63) is 40.0 Å². The average Bonchev–Trinajstić information content (AvgIpc) is 3.63. The first kappa shape index (κ1) is 26.6. The van der Waals surface area contributed by atoms with Crippen LogP contribution >= 0.6 is 11.3 Å². The highest BCUT2D eigenvalue weighted by atomic mass is 32.2. The number of thiophene rings is 1. The first-order valence-corrected chi connectivity index (χ1v) is 15.3. The van der Waals surface area contributed by atoms with Crippen molar-refractivity contribution in [3.63, 3.8) is 0 Å². The fourth-order valence-electron chi connectivity index (χ4n) is 6.21. The van der Waals surface area contributed by atoms with E-state index in [2.05, 4.69) is 24.8 Å². The van der Waals surface area contributed by atoms with Crippen molar-refractivity contribution in [2.24, 2.45) is 17.0 Å². The van der Waals surface area contributed by atoms with E-state index in [1.807, 2.05) is 6.07 Å². The zero-order valence-corrected chi connectivity index (χ0v) is 22.3. The van der Waals surface area contributed by atoms with E-state index < -0.39 is 22.3 Å². The van der Waals surface area contributed by atoms with E-state index in [0.717, 1.165) is 37.9 Å². The number of rotatable bonds is 9. The van der Waals surface area contributed by atoms with Crippen LogP contribution < -0.4 is 10.5 Å². The second kappa shape index (κ2) is 11.0. The molecule has 0 bridgehead atoms. The molecule has 0 unspecified atom stereocenters. The van der Waals surface area contributed by atoms with Crippen molar-refractivity contribution in [1.82, 2.24) is 9.97 Å². The third-order valence-corrected chi connectivity index (χ3v) is 9.42. The van der Waals surface area contributed by atoms with Crippen molar-refractivity contribution in [1.29, 1.82) is 0 Å². The van der Waals surface area contributed by atoms with Crippen LogP contribution in [0.2, 0.25) is 0 Å². The Morgan fingerprint density at radius 1 is 1.27 bits per heavy atom. The Kier molecular flexibility index (Phi) is 7.94. The number of carbonyl (C=O) groups is 1. The summed E-state index contributed by atoms with van der Waals surface area (Å²) in [4.78, 5) is 22.6. The second-order valence-corrected chi connectivity index (χ2v) is 12.5. The molecule has 12 heteroatoms. The molecule has 0 radical (unpaired) electrons. The Morgan fingerprint density at radius 3 is 2.81 bits per heavy atom. The van der Waals surface area contributed by atoms with Crippen LogP contribution in [0.5, 0.6) is 0 Å². The summed E-state index contributed by atoms with van der Waals surface area (Å²) in [6, 6.07) is 1.77. The molecule has 3 fully saturated rings. The highest BCUT2D eigenvalue weighted by molar-refractivity contribution is 7.84. The number of aliphatic hydroxyl groups is 1. The van der Waals surface area contributed by atoms with Crippen molar-refractivity contribution in [2.75, 3.05) is 18.5 Å². The summed E-state index contributed by atoms with van der Waals surface area (Å²) in [6.45, 7) is 0.559. The van der Waals surface area contributed by atoms with Crippen LogP contribution in [-0.2, 0) is 24.8 Å². The van der Waals surface area contributed by atoms with E-state index in [1.54, 1.807) is 0 Å². The minimum atomic E-state index is -4.08. The van der Waals surface area contributed by atoms with Gasteiger partial charge in [-0.25, -0.2) is 15.1 Å². The van der Waals surface area contributed by atoms with Crippen molar-refractivity contribution >= 4 is 33.2 Å². The molecule has 1 aliphatic heterocycles. The topological polar surface area (TPSA) is 154 Å². The quantitative estimate of drug-likeness (QED) is 0.400. The first-order valence-electron chi connectivity index (χ1n) is 12.9. The Hall–Kier alpha value is -1.96. The summed E-state index contributed by atoms with van der Waals surface area (Å²) in [5, 5.41) is 20.6. The van der Waals surface area contributed by atoms with Gasteiger partial charge in [-0.3, -0.25) is 8.98 Å². The molecule has 3 heterocycles. The van der Waals surface area contributed by atoms with E-state index >= 15 is 0 Å². The number of aliphatic hydroxyl groups excluding tert-OH is 1. The molecule has 0 spiro atoms. The SMILES string of the molecule is NS(=O)(=O)OC[C@H]1C[C@@H](Nc2ncncc2C(=O)c2cc([C@]3(C4CCCCC4)CCCO3)cs2)C[C@@H]1O. The number of hydrogen-bond donors (Lipinski definition) is 3. The highest BCUT2D eigenvalue weighted by Crippen LogP contribution is 2.49. The van der Waals surface area contributed by atoms with E-state index in [4.69, 9.17) is 9.88 Å². The molecule has 1 saturated heterocycles. The number of nitrogens with one attached hydrogen (secondary N) is 1. The standard InChI is InChI=1S/C25H34N4O6S2/c26-37(32,33)35-13-16-9-19(11-21(16)30)29-24-20(12-27-15-28-24)23(31)22-10-18(14-36-22)25(7-4-8-34-25)17-5-2-1-3-6-17/h10,12,14-17,19,21,30H,1-9,11,13H2,(H2,26,32,33)(H,27,28,29)/t16-,19-,21+,25-/m1/s1. The van der Waals surface area contributed by atoms with Gasteiger partial charge in [0.25, 0.3) is 0 Å². The summed E-state index contributed by atoms with van der Waals surface area (Å²) >= 11 is 1.42. The molecule has 3 aliphatic rings. The van der Waals surface area contributed by atoms with Gasteiger partial charge in [0.15, 0.2) is 0 Å². The largest absolute Gasteiger partial charge is 0.393 e. The minimum Gasteiger partial charge on any atom is -0.393 e. The number of ether oxygens (including phenoxy) is 1. The van der Waals surface area contributed by atoms with Crippen molar-refractivity contribution in [3.8, 4) is 0 Å². The van der Waals surface area contributed by atoms with E-state index in [1.165, 1.54) is 43.1 Å². The molecular weight excluding hydrogens is 516 g/mol. The van der Waals surface area contributed by atoms with Gasteiger partial charge in [0.05, 0.1) is 28.8 Å². The number of nitrogens with two attached hydrogens (primary N) is 1. The molecule has 4 atom stereocenters. The molecule has 202 valence electrons. The van der Waals surface area contributed by atoms with Gasteiger partial charge in [-0.05, 0) is 61.5 Å². The van der Waals surface area contributed by atoms with E-state index in [0.29, 0.717) is 35.0 Å². The van der Waals surface area contributed by atoms with Crippen molar-refractivity contribution in [2.45, 2.75) is 75.5 Å². The maximum absolute atomic E-state index is 13.6. The number of nitrogens with zero attached hydrogens (tertiary/aromatic N) is 2. The van der Waals surface area contributed by atoms with Gasteiger partial charge in [-0.2, -0.15) is 8.42 Å². The Balaban J connectivity index is 1.31. The number of aromatic nitrogens is 2. The predicted octanol–water partition coefficient (Wildman–Crippen LogP) is 3.13. The molecule has 2 aromatic rings. The number of ketones is 1.